The second kappa shape index (κ2) is 9.73. The first kappa shape index (κ1) is 21.9. The molecule has 1 heterocycles. The first-order chi connectivity index (χ1) is 13.7. The molecule has 2 N–H and O–H groups in total. The molecule has 1 aromatic heterocycles. The van der Waals surface area contributed by atoms with Gasteiger partial charge in [-0.3, -0.25) is 9.78 Å². The molecule has 0 spiro atoms. The number of anilines is 1. The number of aromatic nitrogens is 1. The van der Waals surface area contributed by atoms with Crippen LogP contribution in [-0.2, 0) is 19.1 Å². The lowest BCUT2D eigenvalue weighted by Crippen LogP contribution is -2.28. The fourth-order valence-corrected chi connectivity index (χ4v) is 2.47. The number of nitrogens with one attached hydrogen (secondary N) is 1. The first-order valence-electron chi connectivity index (χ1n) is 9.28. The minimum absolute atomic E-state index is 0.0628. The van der Waals surface area contributed by atoms with Crippen molar-refractivity contribution in [2.24, 2.45) is 0 Å². The lowest BCUT2D eigenvalue weighted by Gasteiger charge is -2.19. The van der Waals surface area contributed by atoms with Gasteiger partial charge in [-0.1, -0.05) is 18.2 Å². The Bertz CT molecular complexity index is 883. The van der Waals surface area contributed by atoms with E-state index in [-0.39, 0.29) is 24.9 Å². The van der Waals surface area contributed by atoms with Crippen LogP contribution in [0.25, 0.3) is 17.3 Å². The van der Waals surface area contributed by atoms with Gasteiger partial charge in [0.15, 0.2) is 0 Å². The van der Waals surface area contributed by atoms with Crippen LogP contribution in [0.3, 0.4) is 0 Å². The van der Waals surface area contributed by atoms with Gasteiger partial charge in [-0.25, -0.2) is 4.79 Å². The number of carboxylic acid groups (broad SMARTS) is 1. The predicted molar refractivity (Wildman–Crippen MR) is 111 cm³/mol. The summed E-state index contributed by atoms with van der Waals surface area (Å²) >= 11 is 0. The van der Waals surface area contributed by atoms with Gasteiger partial charge in [-0.15, -0.1) is 0 Å². The summed E-state index contributed by atoms with van der Waals surface area (Å²) in [5.74, 6) is -1.59. The summed E-state index contributed by atoms with van der Waals surface area (Å²) in [5.41, 5.74) is 2.44. The third kappa shape index (κ3) is 7.29. The van der Waals surface area contributed by atoms with Gasteiger partial charge in [0.1, 0.15) is 12.1 Å². The number of carbonyl (C=O) groups is 2. The predicted octanol–water partition coefficient (Wildman–Crippen LogP) is 3.96. The van der Waals surface area contributed by atoms with E-state index in [1.165, 1.54) is 6.08 Å². The molecule has 0 saturated carbocycles. The van der Waals surface area contributed by atoms with Crippen LogP contribution in [-0.4, -0.2) is 40.8 Å². The second-order valence-corrected chi connectivity index (χ2v) is 7.24. The van der Waals surface area contributed by atoms with Crippen LogP contribution < -0.4 is 5.32 Å². The van der Waals surface area contributed by atoms with Gasteiger partial charge < -0.3 is 19.9 Å². The Hall–Kier alpha value is -3.35. The van der Waals surface area contributed by atoms with Gasteiger partial charge in [0.05, 0.1) is 12.3 Å². The zero-order valence-electron chi connectivity index (χ0n) is 17.1. The largest absolute Gasteiger partial charge is 0.487 e. The maximum atomic E-state index is 11.9. The zero-order valence-corrected chi connectivity index (χ0v) is 17.1. The summed E-state index contributed by atoms with van der Waals surface area (Å²) < 4.78 is 10.4. The Kier molecular flexibility index (Phi) is 7.36. The summed E-state index contributed by atoms with van der Waals surface area (Å²) in [7, 11) is 0. The number of benzene rings is 1. The summed E-state index contributed by atoms with van der Waals surface area (Å²) in [6.07, 6.45) is 3.01. The monoisotopic (exact) mass is 398 g/mol. The lowest BCUT2D eigenvalue weighted by molar-refractivity contribution is -0.152. The molecule has 0 aliphatic heterocycles. The number of carbonyl (C=O) groups excluding carboxylic acids is 1. The van der Waals surface area contributed by atoms with Gasteiger partial charge >= 0.3 is 11.9 Å². The van der Waals surface area contributed by atoms with E-state index in [0.717, 1.165) is 16.9 Å². The molecule has 154 valence electrons. The Morgan fingerprint density at radius 1 is 1.21 bits per heavy atom. The highest BCUT2D eigenvalue weighted by atomic mass is 16.6. The molecule has 0 aliphatic carbocycles. The topological polar surface area (TPSA) is 97.8 Å². The average molecular weight is 398 g/mol. The van der Waals surface area contributed by atoms with Crippen LogP contribution in [0.15, 0.2) is 48.4 Å². The molecule has 1 aromatic carbocycles. The molecule has 0 unspecified atom stereocenters. The first-order valence-corrected chi connectivity index (χ1v) is 9.28. The molecular weight excluding hydrogens is 372 g/mol. The Labute approximate surface area is 170 Å². The number of esters is 1. The molecule has 0 radical (unpaired) electrons. The molecule has 2 aromatic rings. The molecule has 7 nitrogen and oxygen atoms in total. The zero-order chi connectivity index (χ0) is 21.4. The highest BCUT2D eigenvalue weighted by Gasteiger charge is 2.15. The van der Waals surface area contributed by atoms with Crippen molar-refractivity contribution in [2.75, 3.05) is 18.5 Å². The minimum atomic E-state index is -1.13. The molecule has 0 fully saturated rings. The van der Waals surface area contributed by atoms with Crippen molar-refractivity contribution in [3.05, 3.63) is 53.9 Å². The van der Waals surface area contributed by atoms with Crippen LogP contribution in [0, 0.1) is 0 Å². The maximum absolute atomic E-state index is 11.9. The Balaban J connectivity index is 2.09. The van der Waals surface area contributed by atoms with Gasteiger partial charge in [0.2, 0.25) is 5.76 Å². The van der Waals surface area contributed by atoms with E-state index in [2.05, 4.69) is 10.3 Å². The molecule has 0 aliphatic rings. The Morgan fingerprint density at radius 2 is 1.97 bits per heavy atom. The molecule has 0 amide bonds. The molecule has 0 atom stereocenters. The lowest BCUT2D eigenvalue weighted by atomic mass is 10.1. The standard InChI is InChI=1S/C22H26N2O5/c1-5-28-19(21(26)27)11-15-9-10-18(24-13-15)16-7-6-8-17(12-16)23-14-20(25)29-22(2,3)4/h6-13,23H,5,14H2,1-4H3,(H,26,27). The highest BCUT2D eigenvalue weighted by molar-refractivity contribution is 5.89. The van der Waals surface area contributed by atoms with E-state index < -0.39 is 11.6 Å². The SMILES string of the molecule is CCOC(=Cc1ccc(-c2cccc(NCC(=O)OC(C)(C)C)c2)nc1)C(=O)O. The third-order valence-corrected chi connectivity index (χ3v) is 3.61. The van der Waals surface area contributed by atoms with Crippen molar-refractivity contribution in [2.45, 2.75) is 33.3 Å². The number of nitrogens with zero attached hydrogens (tertiary/aromatic N) is 1. The van der Waals surface area contributed by atoms with Crippen molar-refractivity contribution in [3.63, 3.8) is 0 Å². The molecule has 29 heavy (non-hydrogen) atoms. The fraction of sp³-hybridized carbons (Fsp3) is 0.318. The van der Waals surface area contributed by atoms with E-state index in [0.29, 0.717) is 5.56 Å². The molecule has 2 rings (SSSR count). The van der Waals surface area contributed by atoms with E-state index >= 15 is 0 Å². The number of aliphatic carboxylic acids is 1. The maximum Gasteiger partial charge on any atom is 0.371 e. The number of carboxylic acids is 1. The highest BCUT2D eigenvalue weighted by Crippen LogP contribution is 2.22. The van der Waals surface area contributed by atoms with E-state index in [4.69, 9.17) is 14.6 Å². The van der Waals surface area contributed by atoms with Crippen molar-refractivity contribution >= 4 is 23.7 Å². The Morgan fingerprint density at radius 3 is 2.55 bits per heavy atom. The fourth-order valence-electron chi connectivity index (χ4n) is 2.47. The van der Waals surface area contributed by atoms with Crippen LogP contribution in [0.5, 0.6) is 0 Å². The van der Waals surface area contributed by atoms with Crippen molar-refractivity contribution < 1.29 is 24.2 Å². The van der Waals surface area contributed by atoms with Gasteiger partial charge in [-0.05, 0) is 57.5 Å². The smallest absolute Gasteiger partial charge is 0.371 e. The molecule has 7 heteroatoms. The third-order valence-electron chi connectivity index (χ3n) is 3.61. The second-order valence-electron chi connectivity index (χ2n) is 7.24. The summed E-state index contributed by atoms with van der Waals surface area (Å²) in [6.45, 7) is 7.53. The number of hydrogen-bond donors (Lipinski definition) is 2. The number of ether oxygens (including phenoxy) is 2. The number of rotatable bonds is 8. The molecule has 0 saturated heterocycles. The number of pyridine rings is 1. The van der Waals surface area contributed by atoms with Gasteiger partial charge in [0.25, 0.3) is 0 Å². The molecular formula is C22H26N2O5. The van der Waals surface area contributed by atoms with Crippen LogP contribution in [0.1, 0.15) is 33.3 Å². The molecule has 0 bridgehead atoms. The number of hydrogen-bond acceptors (Lipinski definition) is 6. The summed E-state index contributed by atoms with van der Waals surface area (Å²) in [5, 5.41) is 12.2. The summed E-state index contributed by atoms with van der Waals surface area (Å²) in [4.78, 5) is 27.4. The average Bonchev–Trinajstić information content (AvgIpc) is 2.65. The van der Waals surface area contributed by atoms with Gasteiger partial charge in [0, 0.05) is 17.4 Å². The van der Waals surface area contributed by atoms with E-state index in [1.807, 2.05) is 45.0 Å². The van der Waals surface area contributed by atoms with Crippen molar-refractivity contribution in [3.8, 4) is 11.3 Å². The normalized spacial score (nSPS) is 11.7. The summed E-state index contributed by atoms with van der Waals surface area (Å²) in [6, 6.07) is 11.1. The van der Waals surface area contributed by atoms with Crippen LogP contribution in [0.2, 0.25) is 0 Å². The van der Waals surface area contributed by atoms with Crippen molar-refractivity contribution in [1.29, 1.82) is 0 Å². The van der Waals surface area contributed by atoms with E-state index in [9.17, 15) is 9.59 Å². The van der Waals surface area contributed by atoms with Crippen molar-refractivity contribution in [1.82, 2.24) is 4.98 Å². The minimum Gasteiger partial charge on any atom is -0.487 e. The van der Waals surface area contributed by atoms with E-state index in [1.54, 1.807) is 25.3 Å². The van der Waals surface area contributed by atoms with Gasteiger partial charge in [-0.2, -0.15) is 0 Å². The van der Waals surface area contributed by atoms with Crippen LogP contribution >= 0.6 is 0 Å². The quantitative estimate of drug-likeness (QED) is 0.394. The van der Waals surface area contributed by atoms with Crippen LogP contribution in [0.4, 0.5) is 5.69 Å².